The van der Waals surface area contributed by atoms with Gasteiger partial charge in [0.25, 0.3) is 5.91 Å². The van der Waals surface area contributed by atoms with Gasteiger partial charge < -0.3 is 15.2 Å². The smallest absolute Gasteiger partial charge is 0.251 e. The zero-order valence-corrected chi connectivity index (χ0v) is 19.0. The van der Waals surface area contributed by atoms with Crippen LogP contribution < -0.4 is 10.6 Å². The summed E-state index contributed by atoms with van der Waals surface area (Å²) in [6, 6.07) is 14.6. The van der Waals surface area contributed by atoms with Gasteiger partial charge in [0.05, 0.1) is 11.8 Å². The molecule has 3 aromatic rings. The minimum atomic E-state index is -0.320. The van der Waals surface area contributed by atoms with Crippen LogP contribution in [0.2, 0.25) is 0 Å². The van der Waals surface area contributed by atoms with E-state index in [4.69, 9.17) is 0 Å². The Labute approximate surface area is 186 Å². The van der Waals surface area contributed by atoms with Crippen molar-refractivity contribution in [2.24, 2.45) is 0 Å². The quantitative estimate of drug-likeness (QED) is 0.517. The third-order valence-corrected chi connectivity index (χ3v) is 5.92. The molecule has 0 saturated carbocycles. The third kappa shape index (κ3) is 5.73. The van der Waals surface area contributed by atoms with E-state index in [2.05, 4.69) is 20.8 Å². The van der Waals surface area contributed by atoms with Crippen LogP contribution in [0.5, 0.6) is 0 Å². The van der Waals surface area contributed by atoms with Crippen molar-refractivity contribution in [1.82, 2.24) is 20.1 Å². The standard InChI is InChI=1S/C23H27N5O2S/c1-5-28-21(17(4)24-22(30)18-9-7-6-8-10-18)26-27-23(28)31-14-20(29)25-19-12-11-15(2)16(3)13-19/h6-13,17H,5,14H2,1-4H3,(H,24,30)(H,25,29)/t17-/m0/s1. The number of thioether (sulfide) groups is 1. The Morgan fingerprint density at radius 2 is 1.81 bits per heavy atom. The van der Waals surface area contributed by atoms with E-state index < -0.39 is 0 Å². The molecule has 1 aromatic heterocycles. The molecule has 3 rings (SSSR count). The zero-order chi connectivity index (χ0) is 22.4. The van der Waals surface area contributed by atoms with Crippen LogP contribution in [-0.2, 0) is 11.3 Å². The number of benzene rings is 2. The molecule has 0 aliphatic rings. The van der Waals surface area contributed by atoms with Crippen molar-refractivity contribution in [2.75, 3.05) is 11.1 Å². The molecule has 0 fully saturated rings. The summed E-state index contributed by atoms with van der Waals surface area (Å²) in [4.78, 5) is 24.8. The molecular weight excluding hydrogens is 410 g/mol. The van der Waals surface area contributed by atoms with Gasteiger partial charge >= 0.3 is 0 Å². The normalized spacial score (nSPS) is 11.7. The number of aromatic nitrogens is 3. The summed E-state index contributed by atoms with van der Waals surface area (Å²) in [5.41, 5.74) is 3.69. The molecule has 2 aromatic carbocycles. The van der Waals surface area contributed by atoms with Crippen molar-refractivity contribution in [1.29, 1.82) is 0 Å². The molecule has 8 heteroatoms. The van der Waals surface area contributed by atoms with Gasteiger partial charge in [-0.2, -0.15) is 0 Å². The lowest BCUT2D eigenvalue weighted by atomic mass is 10.1. The number of carbonyl (C=O) groups excluding carboxylic acids is 2. The number of aryl methyl sites for hydroxylation is 2. The predicted octanol–water partition coefficient (Wildman–Crippen LogP) is 4.14. The maximum Gasteiger partial charge on any atom is 0.251 e. The number of nitrogens with one attached hydrogen (secondary N) is 2. The predicted molar refractivity (Wildman–Crippen MR) is 123 cm³/mol. The van der Waals surface area contributed by atoms with Crippen molar-refractivity contribution < 1.29 is 9.59 Å². The molecule has 0 radical (unpaired) electrons. The van der Waals surface area contributed by atoms with E-state index in [1.807, 2.05) is 68.7 Å². The lowest BCUT2D eigenvalue weighted by Crippen LogP contribution is -2.28. The van der Waals surface area contributed by atoms with Crippen LogP contribution in [-0.4, -0.2) is 32.3 Å². The molecule has 162 valence electrons. The first-order valence-electron chi connectivity index (χ1n) is 10.2. The molecule has 31 heavy (non-hydrogen) atoms. The molecule has 1 atom stereocenters. The Balaban J connectivity index is 1.62. The number of nitrogens with zero attached hydrogens (tertiary/aromatic N) is 3. The summed E-state index contributed by atoms with van der Waals surface area (Å²) in [5.74, 6) is 0.603. The second-order valence-corrected chi connectivity index (χ2v) is 8.22. The van der Waals surface area contributed by atoms with Gasteiger partial charge in [-0.05, 0) is 63.1 Å². The second-order valence-electron chi connectivity index (χ2n) is 7.28. The average Bonchev–Trinajstić information content (AvgIpc) is 3.18. The second kappa shape index (κ2) is 10.3. The molecular formula is C23H27N5O2S. The number of rotatable bonds is 8. The Morgan fingerprint density at radius 3 is 2.48 bits per heavy atom. The molecule has 0 spiro atoms. The van der Waals surface area contributed by atoms with E-state index in [9.17, 15) is 9.59 Å². The maximum absolute atomic E-state index is 12.4. The molecule has 0 bridgehead atoms. The fraction of sp³-hybridized carbons (Fsp3) is 0.304. The van der Waals surface area contributed by atoms with E-state index in [-0.39, 0.29) is 23.6 Å². The monoisotopic (exact) mass is 437 g/mol. The summed E-state index contributed by atoms with van der Waals surface area (Å²) in [5, 5.41) is 15.0. The topological polar surface area (TPSA) is 88.9 Å². The van der Waals surface area contributed by atoms with Gasteiger partial charge in [0.1, 0.15) is 0 Å². The minimum absolute atomic E-state index is 0.106. The van der Waals surface area contributed by atoms with Crippen molar-refractivity contribution in [2.45, 2.75) is 45.4 Å². The molecule has 0 saturated heterocycles. The van der Waals surface area contributed by atoms with E-state index in [1.54, 1.807) is 12.1 Å². The minimum Gasteiger partial charge on any atom is -0.342 e. The summed E-state index contributed by atoms with van der Waals surface area (Å²) < 4.78 is 1.92. The SMILES string of the molecule is CCn1c(SCC(=O)Nc2ccc(C)c(C)c2)nnc1[C@H](C)NC(=O)c1ccccc1. The molecule has 0 unspecified atom stereocenters. The van der Waals surface area contributed by atoms with Crippen LogP contribution in [0.1, 0.15) is 47.2 Å². The fourth-order valence-corrected chi connectivity index (χ4v) is 3.91. The van der Waals surface area contributed by atoms with Crippen LogP contribution in [0.3, 0.4) is 0 Å². The summed E-state index contributed by atoms with van der Waals surface area (Å²) in [6.07, 6.45) is 0. The van der Waals surface area contributed by atoms with E-state index in [1.165, 1.54) is 17.3 Å². The molecule has 1 heterocycles. The average molecular weight is 438 g/mol. The van der Waals surface area contributed by atoms with Gasteiger partial charge in [-0.25, -0.2) is 0 Å². The number of hydrogen-bond donors (Lipinski definition) is 2. The number of hydrogen-bond acceptors (Lipinski definition) is 5. The number of carbonyl (C=O) groups is 2. The van der Waals surface area contributed by atoms with Crippen LogP contribution >= 0.6 is 11.8 Å². The van der Waals surface area contributed by atoms with Gasteiger partial charge in [0, 0.05) is 17.8 Å². The summed E-state index contributed by atoms with van der Waals surface area (Å²) >= 11 is 1.32. The third-order valence-electron chi connectivity index (χ3n) is 4.96. The van der Waals surface area contributed by atoms with Crippen molar-refractivity contribution in [3.05, 3.63) is 71.0 Å². The Morgan fingerprint density at radius 1 is 1.06 bits per heavy atom. The van der Waals surface area contributed by atoms with Gasteiger partial charge in [-0.3, -0.25) is 9.59 Å². The molecule has 0 aliphatic carbocycles. The van der Waals surface area contributed by atoms with Crippen molar-refractivity contribution in [3.8, 4) is 0 Å². The van der Waals surface area contributed by atoms with Gasteiger partial charge in [0.15, 0.2) is 11.0 Å². The number of anilines is 1. The Hall–Kier alpha value is -3.13. The van der Waals surface area contributed by atoms with Crippen LogP contribution in [0.25, 0.3) is 0 Å². The zero-order valence-electron chi connectivity index (χ0n) is 18.2. The van der Waals surface area contributed by atoms with E-state index in [0.717, 1.165) is 11.3 Å². The highest BCUT2D eigenvalue weighted by molar-refractivity contribution is 7.99. The molecule has 2 N–H and O–H groups in total. The first kappa shape index (κ1) is 22.6. The highest BCUT2D eigenvalue weighted by Crippen LogP contribution is 2.21. The van der Waals surface area contributed by atoms with Crippen LogP contribution in [0, 0.1) is 13.8 Å². The van der Waals surface area contributed by atoms with Crippen LogP contribution in [0.15, 0.2) is 53.7 Å². The highest BCUT2D eigenvalue weighted by atomic mass is 32.2. The first-order valence-corrected chi connectivity index (χ1v) is 11.2. The first-order chi connectivity index (χ1) is 14.9. The van der Waals surface area contributed by atoms with Gasteiger partial charge in [0.2, 0.25) is 5.91 Å². The Kier molecular flexibility index (Phi) is 7.46. The van der Waals surface area contributed by atoms with Crippen LogP contribution in [0.4, 0.5) is 5.69 Å². The summed E-state index contributed by atoms with van der Waals surface area (Å²) in [6.45, 7) is 8.54. The fourth-order valence-electron chi connectivity index (χ4n) is 3.10. The lowest BCUT2D eigenvalue weighted by Gasteiger charge is -2.15. The molecule has 0 aliphatic heterocycles. The maximum atomic E-state index is 12.4. The lowest BCUT2D eigenvalue weighted by molar-refractivity contribution is -0.113. The largest absolute Gasteiger partial charge is 0.342 e. The van der Waals surface area contributed by atoms with Crippen molar-refractivity contribution >= 4 is 29.3 Å². The molecule has 2 amide bonds. The number of amides is 2. The summed E-state index contributed by atoms with van der Waals surface area (Å²) in [7, 11) is 0. The van der Waals surface area contributed by atoms with Gasteiger partial charge in [-0.15, -0.1) is 10.2 Å². The van der Waals surface area contributed by atoms with E-state index in [0.29, 0.717) is 23.1 Å². The Bertz CT molecular complexity index is 1070. The van der Waals surface area contributed by atoms with Crippen molar-refractivity contribution in [3.63, 3.8) is 0 Å². The van der Waals surface area contributed by atoms with Gasteiger partial charge in [-0.1, -0.05) is 36.0 Å². The molecule has 7 nitrogen and oxygen atoms in total. The van der Waals surface area contributed by atoms with E-state index >= 15 is 0 Å². The highest BCUT2D eigenvalue weighted by Gasteiger charge is 2.20.